The lowest BCUT2D eigenvalue weighted by atomic mass is 10.2. The Kier molecular flexibility index (Phi) is 5.29. The van der Waals surface area contributed by atoms with Crippen LogP contribution in [0.5, 0.6) is 0 Å². The van der Waals surface area contributed by atoms with Gasteiger partial charge in [0.15, 0.2) is 5.22 Å². The molecule has 1 atom stereocenters. The number of hydrogen-bond donors (Lipinski definition) is 1. The monoisotopic (exact) mass is 231 g/mol. The summed E-state index contributed by atoms with van der Waals surface area (Å²) in [7, 11) is 0. The molecule has 13 heavy (non-hydrogen) atoms. The smallest absolute Gasteiger partial charge is 0.240 e. The van der Waals surface area contributed by atoms with Crippen molar-refractivity contribution in [3.05, 3.63) is 23.1 Å². The van der Waals surface area contributed by atoms with Gasteiger partial charge in [-0.3, -0.25) is 0 Å². The summed E-state index contributed by atoms with van der Waals surface area (Å²) >= 11 is 5.43. The van der Waals surface area contributed by atoms with Crippen LogP contribution in [0.4, 0.5) is 8.78 Å². The number of rotatable bonds is 3. The predicted octanol–water partition coefficient (Wildman–Crippen LogP) is 3.01. The highest BCUT2D eigenvalue weighted by molar-refractivity contribution is 6.28. The Hall–Kier alpha value is -0.320. The Morgan fingerprint density at radius 3 is 2.46 bits per heavy atom. The second kappa shape index (κ2) is 5.42. The van der Waals surface area contributed by atoms with Gasteiger partial charge in [-0.05, 0) is 23.7 Å². The van der Waals surface area contributed by atoms with Gasteiger partial charge in [0.25, 0.3) is 0 Å². The molecule has 0 saturated carbocycles. The zero-order valence-electron chi connectivity index (χ0n) is 6.54. The van der Waals surface area contributed by atoms with Gasteiger partial charge in [-0.25, -0.2) is 8.78 Å². The zero-order chi connectivity index (χ0) is 9.14. The third-order valence-electron chi connectivity index (χ3n) is 1.39. The van der Waals surface area contributed by atoms with Crippen molar-refractivity contribution in [3.8, 4) is 0 Å². The fourth-order valence-electron chi connectivity index (χ4n) is 0.836. The lowest BCUT2D eigenvalue weighted by molar-refractivity contribution is 0.125. The molecule has 0 aromatic carbocycles. The molecule has 0 fully saturated rings. The molecular weight excluding hydrogens is 223 g/mol. The van der Waals surface area contributed by atoms with E-state index in [-0.39, 0.29) is 17.6 Å². The van der Waals surface area contributed by atoms with Gasteiger partial charge >= 0.3 is 0 Å². The van der Waals surface area contributed by atoms with Crippen molar-refractivity contribution in [2.45, 2.75) is 18.9 Å². The summed E-state index contributed by atoms with van der Waals surface area (Å²) in [5, 5.41) is 0.162. The molecule has 6 heteroatoms. The van der Waals surface area contributed by atoms with Crippen LogP contribution in [0.2, 0.25) is 5.22 Å². The summed E-state index contributed by atoms with van der Waals surface area (Å²) in [6, 6.07) is 2.19. The topological polar surface area (TPSA) is 39.2 Å². The summed E-state index contributed by atoms with van der Waals surface area (Å²) in [6.07, 6.45) is -2.84. The molecule has 0 aliphatic rings. The van der Waals surface area contributed by atoms with E-state index in [1.807, 2.05) is 0 Å². The summed E-state index contributed by atoms with van der Waals surface area (Å²) in [5.41, 5.74) is 5.38. The highest BCUT2D eigenvalue weighted by Gasteiger charge is 2.15. The SMILES string of the molecule is Cl.N[C@@H](CC(F)F)c1ccc(Cl)o1. The van der Waals surface area contributed by atoms with Crippen LogP contribution in [0.1, 0.15) is 18.2 Å². The molecule has 0 spiro atoms. The lowest BCUT2D eigenvalue weighted by Gasteiger charge is -2.06. The molecule has 0 radical (unpaired) electrons. The van der Waals surface area contributed by atoms with Crippen LogP contribution < -0.4 is 5.73 Å². The van der Waals surface area contributed by atoms with E-state index in [1.165, 1.54) is 12.1 Å². The van der Waals surface area contributed by atoms with E-state index < -0.39 is 18.9 Å². The fourth-order valence-corrected chi connectivity index (χ4v) is 0.988. The Bertz CT molecular complexity index is 254. The average Bonchev–Trinajstić information content (AvgIpc) is 2.34. The molecule has 0 amide bonds. The molecule has 1 rings (SSSR count). The lowest BCUT2D eigenvalue weighted by Crippen LogP contribution is -2.12. The van der Waals surface area contributed by atoms with Gasteiger partial charge in [0.2, 0.25) is 6.43 Å². The van der Waals surface area contributed by atoms with Crippen molar-refractivity contribution >= 4 is 24.0 Å². The van der Waals surface area contributed by atoms with E-state index in [0.29, 0.717) is 5.76 Å². The molecular formula is C7H9Cl2F2NO. The van der Waals surface area contributed by atoms with E-state index in [9.17, 15) is 8.78 Å². The summed E-state index contributed by atoms with van der Waals surface area (Å²) in [4.78, 5) is 0. The zero-order valence-corrected chi connectivity index (χ0v) is 8.12. The van der Waals surface area contributed by atoms with Gasteiger partial charge in [-0.2, -0.15) is 0 Å². The minimum atomic E-state index is -2.43. The van der Waals surface area contributed by atoms with E-state index in [1.54, 1.807) is 0 Å². The highest BCUT2D eigenvalue weighted by Crippen LogP contribution is 2.22. The van der Waals surface area contributed by atoms with Crippen LogP contribution in [0.15, 0.2) is 16.5 Å². The summed E-state index contributed by atoms with van der Waals surface area (Å²) in [6.45, 7) is 0. The highest BCUT2D eigenvalue weighted by atomic mass is 35.5. The molecule has 0 bridgehead atoms. The molecule has 1 aromatic heterocycles. The molecule has 0 saturated heterocycles. The quantitative estimate of drug-likeness (QED) is 0.869. The standard InChI is InChI=1S/C7H8ClF2NO.ClH/c8-6-2-1-5(12-6)4(11)3-7(9)10;/h1-2,4,7H,3,11H2;1H/t4-;/m0./s1. The second-order valence-corrected chi connectivity index (χ2v) is 2.75. The third-order valence-corrected chi connectivity index (χ3v) is 1.59. The van der Waals surface area contributed by atoms with E-state index >= 15 is 0 Å². The molecule has 2 nitrogen and oxygen atoms in total. The molecule has 0 aliphatic heterocycles. The molecule has 2 N–H and O–H groups in total. The van der Waals surface area contributed by atoms with Gasteiger partial charge in [0.05, 0.1) is 6.04 Å². The van der Waals surface area contributed by atoms with Crippen LogP contribution in [-0.4, -0.2) is 6.43 Å². The van der Waals surface area contributed by atoms with Crippen molar-refractivity contribution in [2.75, 3.05) is 0 Å². The maximum absolute atomic E-state index is 11.8. The Labute approximate surface area is 85.4 Å². The minimum Gasteiger partial charge on any atom is -0.448 e. The van der Waals surface area contributed by atoms with E-state index in [2.05, 4.69) is 0 Å². The fraction of sp³-hybridized carbons (Fsp3) is 0.429. The number of hydrogen-bond acceptors (Lipinski definition) is 2. The molecule has 1 heterocycles. The predicted molar refractivity (Wildman–Crippen MR) is 48.5 cm³/mol. The largest absolute Gasteiger partial charge is 0.448 e. The van der Waals surface area contributed by atoms with Gasteiger partial charge in [0, 0.05) is 6.42 Å². The first-order chi connectivity index (χ1) is 5.59. The third kappa shape index (κ3) is 3.93. The van der Waals surface area contributed by atoms with Gasteiger partial charge in [-0.15, -0.1) is 12.4 Å². The summed E-state index contributed by atoms with van der Waals surface area (Å²) in [5.74, 6) is 0.292. The van der Waals surface area contributed by atoms with Crippen LogP contribution in [0.25, 0.3) is 0 Å². The van der Waals surface area contributed by atoms with Gasteiger partial charge in [-0.1, -0.05) is 0 Å². The number of nitrogens with two attached hydrogens (primary N) is 1. The van der Waals surface area contributed by atoms with Crippen molar-refractivity contribution < 1.29 is 13.2 Å². The Morgan fingerprint density at radius 2 is 2.08 bits per heavy atom. The first-order valence-electron chi connectivity index (χ1n) is 3.38. The maximum atomic E-state index is 11.8. The number of furan rings is 1. The van der Waals surface area contributed by atoms with Crippen molar-refractivity contribution in [3.63, 3.8) is 0 Å². The van der Waals surface area contributed by atoms with E-state index in [4.69, 9.17) is 21.8 Å². The van der Waals surface area contributed by atoms with Crippen molar-refractivity contribution in [1.82, 2.24) is 0 Å². The maximum Gasteiger partial charge on any atom is 0.240 e. The number of alkyl halides is 2. The van der Waals surface area contributed by atoms with Crippen molar-refractivity contribution in [1.29, 1.82) is 0 Å². The van der Waals surface area contributed by atoms with Crippen LogP contribution in [0, 0.1) is 0 Å². The molecule has 0 aliphatic carbocycles. The first kappa shape index (κ1) is 12.7. The molecule has 0 unspecified atom stereocenters. The van der Waals surface area contributed by atoms with Gasteiger partial charge < -0.3 is 10.2 Å². The van der Waals surface area contributed by atoms with E-state index in [0.717, 1.165) is 0 Å². The van der Waals surface area contributed by atoms with Crippen molar-refractivity contribution in [2.24, 2.45) is 5.73 Å². The van der Waals surface area contributed by atoms with Crippen LogP contribution in [0.3, 0.4) is 0 Å². The molecule has 1 aromatic rings. The minimum absolute atomic E-state index is 0. The molecule has 76 valence electrons. The Morgan fingerprint density at radius 1 is 1.46 bits per heavy atom. The average molecular weight is 232 g/mol. The van der Waals surface area contributed by atoms with Crippen LogP contribution in [-0.2, 0) is 0 Å². The van der Waals surface area contributed by atoms with Gasteiger partial charge in [0.1, 0.15) is 5.76 Å². The normalized spacial score (nSPS) is 12.7. The van der Waals surface area contributed by atoms with Crippen LogP contribution >= 0.6 is 24.0 Å². The Balaban J connectivity index is 0.00000144. The first-order valence-corrected chi connectivity index (χ1v) is 3.76. The number of halogens is 4. The second-order valence-electron chi connectivity index (χ2n) is 2.38. The summed E-state index contributed by atoms with van der Waals surface area (Å²) < 4.78 is 28.5.